The first-order valence-corrected chi connectivity index (χ1v) is 7.74. The number of rotatable bonds is 6. The van der Waals surface area contributed by atoms with Gasteiger partial charge in [-0.3, -0.25) is 4.79 Å². The van der Waals surface area contributed by atoms with Gasteiger partial charge < -0.3 is 11.1 Å². The molecule has 3 N–H and O–H groups in total. The summed E-state index contributed by atoms with van der Waals surface area (Å²) < 4.78 is 0.794. The second-order valence-electron chi connectivity index (χ2n) is 6.06. The van der Waals surface area contributed by atoms with Gasteiger partial charge in [0.05, 0.1) is 4.47 Å². The number of halogens is 1. The van der Waals surface area contributed by atoms with Gasteiger partial charge >= 0.3 is 0 Å². The van der Waals surface area contributed by atoms with Crippen LogP contribution in [0.4, 0.5) is 5.82 Å². The van der Waals surface area contributed by atoms with E-state index in [9.17, 15) is 4.79 Å². The number of nitrogens with one attached hydrogen (secondary N) is 1. The highest BCUT2D eigenvalue weighted by Gasteiger charge is 2.24. The van der Waals surface area contributed by atoms with Gasteiger partial charge in [0.2, 0.25) is 5.91 Å². The summed E-state index contributed by atoms with van der Waals surface area (Å²) in [4.78, 5) is 16.1. The minimum absolute atomic E-state index is 0.00401. The topological polar surface area (TPSA) is 68.0 Å². The Labute approximate surface area is 129 Å². The maximum absolute atomic E-state index is 12.0. The van der Waals surface area contributed by atoms with Gasteiger partial charge in [0.15, 0.2) is 0 Å². The van der Waals surface area contributed by atoms with Crippen LogP contribution < -0.4 is 11.1 Å². The summed E-state index contributed by atoms with van der Waals surface area (Å²) in [7, 11) is 0. The number of amides is 1. The third-order valence-electron chi connectivity index (χ3n) is 3.48. The number of nitrogens with zero attached hydrogens (tertiary/aromatic N) is 1. The van der Waals surface area contributed by atoms with Crippen molar-refractivity contribution in [1.82, 2.24) is 4.98 Å². The zero-order valence-corrected chi connectivity index (χ0v) is 14.0. The van der Waals surface area contributed by atoms with Crippen LogP contribution in [0.25, 0.3) is 0 Å². The van der Waals surface area contributed by atoms with Crippen LogP contribution in [0.3, 0.4) is 0 Å². The number of pyridine rings is 1. The van der Waals surface area contributed by atoms with E-state index in [4.69, 9.17) is 5.73 Å². The number of anilines is 1. The van der Waals surface area contributed by atoms with E-state index in [1.54, 1.807) is 6.20 Å². The lowest BCUT2D eigenvalue weighted by molar-refractivity contribution is -0.116. The normalized spacial score (nSPS) is 13.1. The zero-order valence-electron chi connectivity index (χ0n) is 12.4. The van der Waals surface area contributed by atoms with Gasteiger partial charge in [-0.05, 0) is 58.8 Å². The summed E-state index contributed by atoms with van der Waals surface area (Å²) in [5.74, 6) is 1.02. The van der Waals surface area contributed by atoms with Gasteiger partial charge in [0.25, 0.3) is 0 Å². The minimum Gasteiger partial charge on any atom is -0.330 e. The van der Waals surface area contributed by atoms with Crippen LogP contribution in [-0.4, -0.2) is 17.4 Å². The Balaban J connectivity index is 2.52. The molecule has 1 heterocycles. The second-order valence-corrected chi connectivity index (χ2v) is 6.92. The molecule has 0 fully saturated rings. The molecule has 1 amide bonds. The third-order valence-corrected chi connectivity index (χ3v) is 4.12. The van der Waals surface area contributed by atoms with E-state index in [-0.39, 0.29) is 11.3 Å². The van der Waals surface area contributed by atoms with E-state index in [0.29, 0.717) is 24.7 Å². The van der Waals surface area contributed by atoms with E-state index >= 15 is 0 Å². The highest BCUT2D eigenvalue weighted by atomic mass is 79.9. The van der Waals surface area contributed by atoms with Gasteiger partial charge in [-0.15, -0.1) is 0 Å². The summed E-state index contributed by atoms with van der Waals surface area (Å²) in [6.45, 7) is 7.25. The van der Waals surface area contributed by atoms with Crippen LogP contribution in [0.5, 0.6) is 0 Å². The molecule has 0 spiro atoms. The number of carbonyl (C=O) groups excluding carboxylic acids is 1. The van der Waals surface area contributed by atoms with E-state index in [0.717, 1.165) is 17.3 Å². The molecule has 0 bridgehead atoms. The molecule has 0 aliphatic heterocycles. The lowest BCUT2D eigenvalue weighted by atomic mass is 9.76. The maximum atomic E-state index is 12.0. The van der Waals surface area contributed by atoms with Crippen LogP contribution in [0, 0.1) is 11.3 Å². The number of hydrogen-bond donors (Lipinski definition) is 2. The Morgan fingerprint density at radius 1 is 1.45 bits per heavy atom. The van der Waals surface area contributed by atoms with Gasteiger partial charge in [-0.25, -0.2) is 4.98 Å². The molecule has 4 nitrogen and oxygen atoms in total. The summed E-state index contributed by atoms with van der Waals surface area (Å²) in [6, 6.07) is 3.67. The molecular weight excluding hydrogens is 318 g/mol. The van der Waals surface area contributed by atoms with E-state index in [1.165, 1.54) is 0 Å². The Kier molecular flexibility index (Phi) is 6.62. The van der Waals surface area contributed by atoms with Gasteiger partial charge in [-0.2, -0.15) is 0 Å². The predicted molar refractivity (Wildman–Crippen MR) is 86.4 cm³/mol. The van der Waals surface area contributed by atoms with Crippen molar-refractivity contribution in [2.24, 2.45) is 17.1 Å². The monoisotopic (exact) mass is 341 g/mol. The SMILES string of the molecule is CC(C)(C)C(CCN)CCC(=O)Nc1ncccc1Br. The number of hydrogen-bond acceptors (Lipinski definition) is 3. The predicted octanol–water partition coefficient (Wildman–Crippen LogP) is 3.57. The Bertz CT molecular complexity index is 443. The summed E-state index contributed by atoms with van der Waals surface area (Å²) in [5.41, 5.74) is 5.83. The molecule has 112 valence electrons. The Hall–Kier alpha value is -0.940. The quantitative estimate of drug-likeness (QED) is 0.830. The summed E-state index contributed by atoms with van der Waals surface area (Å²) >= 11 is 3.37. The molecule has 0 saturated carbocycles. The first-order chi connectivity index (χ1) is 9.34. The summed E-state index contributed by atoms with van der Waals surface area (Å²) in [6.07, 6.45) is 3.94. The molecule has 1 rings (SSSR count). The van der Waals surface area contributed by atoms with Crippen molar-refractivity contribution >= 4 is 27.7 Å². The first kappa shape index (κ1) is 17.1. The molecule has 0 radical (unpaired) electrons. The molecule has 0 aliphatic carbocycles. The van der Waals surface area contributed by atoms with Crippen LogP contribution in [0.15, 0.2) is 22.8 Å². The minimum atomic E-state index is -0.00401. The van der Waals surface area contributed by atoms with Crippen molar-refractivity contribution in [2.75, 3.05) is 11.9 Å². The fraction of sp³-hybridized carbons (Fsp3) is 0.600. The summed E-state index contributed by atoms with van der Waals surface area (Å²) in [5, 5.41) is 2.83. The smallest absolute Gasteiger partial charge is 0.225 e. The van der Waals surface area contributed by atoms with Crippen molar-refractivity contribution in [3.8, 4) is 0 Å². The van der Waals surface area contributed by atoms with Crippen LogP contribution in [0.2, 0.25) is 0 Å². The molecule has 0 saturated heterocycles. The van der Waals surface area contributed by atoms with Gasteiger partial charge in [0, 0.05) is 12.6 Å². The fourth-order valence-electron chi connectivity index (χ4n) is 2.19. The molecule has 20 heavy (non-hydrogen) atoms. The van der Waals surface area contributed by atoms with E-state index < -0.39 is 0 Å². The molecule has 1 atom stereocenters. The molecule has 0 aromatic carbocycles. The van der Waals surface area contributed by atoms with E-state index in [2.05, 4.69) is 47.0 Å². The lowest BCUT2D eigenvalue weighted by Crippen LogP contribution is -2.25. The lowest BCUT2D eigenvalue weighted by Gasteiger charge is -2.30. The number of nitrogens with two attached hydrogens (primary N) is 1. The fourth-order valence-corrected chi connectivity index (χ4v) is 2.54. The van der Waals surface area contributed by atoms with Crippen LogP contribution in [-0.2, 0) is 4.79 Å². The molecule has 0 aliphatic rings. The van der Waals surface area contributed by atoms with Crippen LogP contribution in [0.1, 0.15) is 40.0 Å². The largest absolute Gasteiger partial charge is 0.330 e. The Morgan fingerprint density at radius 3 is 2.70 bits per heavy atom. The third kappa shape index (κ3) is 5.59. The van der Waals surface area contributed by atoms with Crippen molar-refractivity contribution < 1.29 is 4.79 Å². The Morgan fingerprint density at radius 2 is 2.15 bits per heavy atom. The van der Waals surface area contributed by atoms with E-state index in [1.807, 2.05) is 12.1 Å². The van der Waals surface area contributed by atoms with Crippen molar-refractivity contribution in [1.29, 1.82) is 0 Å². The molecule has 1 aromatic rings. The highest BCUT2D eigenvalue weighted by Crippen LogP contribution is 2.32. The second kappa shape index (κ2) is 7.74. The zero-order chi connectivity index (χ0) is 15.2. The van der Waals surface area contributed by atoms with Crippen molar-refractivity contribution in [3.05, 3.63) is 22.8 Å². The average Bonchev–Trinajstić information content (AvgIpc) is 2.36. The molecule has 5 heteroatoms. The molecule has 1 aromatic heterocycles. The van der Waals surface area contributed by atoms with Crippen molar-refractivity contribution in [3.63, 3.8) is 0 Å². The van der Waals surface area contributed by atoms with Crippen LogP contribution >= 0.6 is 15.9 Å². The first-order valence-electron chi connectivity index (χ1n) is 6.95. The number of aromatic nitrogens is 1. The average molecular weight is 342 g/mol. The van der Waals surface area contributed by atoms with Gasteiger partial charge in [-0.1, -0.05) is 20.8 Å². The molecule has 1 unspecified atom stereocenters. The van der Waals surface area contributed by atoms with Crippen molar-refractivity contribution in [2.45, 2.75) is 40.0 Å². The van der Waals surface area contributed by atoms with Gasteiger partial charge in [0.1, 0.15) is 5.82 Å². The highest BCUT2D eigenvalue weighted by molar-refractivity contribution is 9.10. The number of carbonyl (C=O) groups is 1. The standard InChI is InChI=1S/C15H24BrN3O/c1-15(2,3)11(8-9-17)6-7-13(20)19-14-12(16)5-4-10-18-14/h4-5,10-11H,6-9,17H2,1-3H3,(H,18,19,20). The maximum Gasteiger partial charge on any atom is 0.225 e. The molecular formula is C15H24BrN3O.